The zero-order valence-electron chi connectivity index (χ0n) is 19.0. The minimum atomic E-state index is -0.482. The highest BCUT2D eigenvalue weighted by atomic mass is 32.2. The Morgan fingerprint density at radius 1 is 1.26 bits per heavy atom. The fourth-order valence-electron chi connectivity index (χ4n) is 3.21. The predicted molar refractivity (Wildman–Crippen MR) is 130 cm³/mol. The Bertz CT molecular complexity index is 964. The first kappa shape index (κ1) is 25.9. The highest BCUT2D eigenvalue weighted by Gasteiger charge is 2.33. The number of nitrogens with zero attached hydrogens (tertiary/aromatic N) is 2. The van der Waals surface area contributed by atoms with Crippen LogP contribution in [0.2, 0.25) is 0 Å². The fourth-order valence-corrected chi connectivity index (χ4v) is 4.39. The highest BCUT2D eigenvalue weighted by Crippen LogP contribution is 2.34. The molecule has 34 heavy (non-hydrogen) atoms. The third kappa shape index (κ3) is 7.16. The molecule has 2 amide bonds. The second kappa shape index (κ2) is 12.7. The minimum Gasteiger partial charge on any atom is -0.493 e. The Morgan fingerprint density at radius 2 is 2.03 bits per heavy atom. The summed E-state index contributed by atoms with van der Waals surface area (Å²) in [7, 11) is 1.47. The molecule has 1 aromatic carbocycles. The van der Waals surface area contributed by atoms with Gasteiger partial charge in [-0.1, -0.05) is 17.8 Å². The van der Waals surface area contributed by atoms with E-state index in [0.29, 0.717) is 41.7 Å². The van der Waals surface area contributed by atoms with Crippen molar-refractivity contribution in [1.82, 2.24) is 15.3 Å². The third-order valence-corrected chi connectivity index (χ3v) is 6.23. The van der Waals surface area contributed by atoms with Crippen LogP contribution in [0.4, 0.5) is 0 Å². The van der Waals surface area contributed by atoms with E-state index in [2.05, 4.69) is 10.3 Å². The van der Waals surface area contributed by atoms with Gasteiger partial charge >= 0.3 is 5.97 Å². The number of esters is 1. The number of amides is 2. The van der Waals surface area contributed by atoms with Crippen molar-refractivity contribution in [2.45, 2.75) is 13.3 Å². The topological polar surface area (TPSA) is 107 Å². The fraction of sp³-hybridized carbons (Fsp3) is 0.455. The molecule has 2 aliphatic rings. The van der Waals surface area contributed by atoms with E-state index in [4.69, 9.17) is 31.2 Å². The van der Waals surface area contributed by atoms with Crippen LogP contribution in [0.3, 0.4) is 0 Å². The van der Waals surface area contributed by atoms with Gasteiger partial charge < -0.3 is 18.9 Å². The molecular formula is C22H27N3O7S2. The summed E-state index contributed by atoms with van der Waals surface area (Å²) in [5.74, 6) is -0.410. The lowest BCUT2D eigenvalue weighted by Gasteiger charge is -2.26. The quantitative estimate of drug-likeness (QED) is 0.284. The van der Waals surface area contributed by atoms with Crippen LogP contribution < -0.4 is 14.9 Å². The SMILES string of the molecule is CCOC(=O)COc1ccc(/C=C2\SC(=S)N(NC(=O)CCN3CCOCC3)C2=O)cc1OC. The lowest BCUT2D eigenvalue weighted by molar-refractivity contribution is -0.145. The summed E-state index contributed by atoms with van der Waals surface area (Å²) < 4.78 is 21.2. The highest BCUT2D eigenvalue weighted by molar-refractivity contribution is 8.26. The van der Waals surface area contributed by atoms with Gasteiger partial charge in [0.15, 0.2) is 22.4 Å². The Balaban J connectivity index is 1.60. The molecule has 0 aliphatic carbocycles. The number of benzene rings is 1. The van der Waals surface area contributed by atoms with Crippen molar-refractivity contribution >= 4 is 52.2 Å². The first-order valence-corrected chi connectivity index (χ1v) is 12.0. The summed E-state index contributed by atoms with van der Waals surface area (Å²) in [5, 5.41) is 1.10. The molecule has 1 N–H and O–H groups in total. The van der Waals surface area contributed by atoms with E-state index in [-0.39, 0.29) is 29.9 Å². The monoisotopic (exact) mass is 509 g/mol. The molecule has 0 aromatic heterocycles. The average Bonchev–Trinajstić information content (AvgIpc) is 3.09. The maximum atomic E-state index is 12.8. The number of thioether (sulfide) groups is 1. The number of thiocarbonyl (C=S) groups is 1. The molecule has 0 saturated carbocycles. The number of carbonyl (C=O) groups is 3. The van der Waals surface area contributed by atoms with E-state index >= 15 is 0 Å². The summed E-state index contributed by atoms with van der Waals surface area (Å²) in [6.45, 7) is 5.21. The van der Waals surface area contributed by atoms with E-state index in [9.17, 15) is 14.4 Å². The standard InChI is InChI=1S/C22H27N3O7S2/c1-3-31-20(27)14-32-16-5-4-15(12-17(16)29-2)13-18-21(28)25(22(33)34-18)23-19(26)6-7-24-8-10-30-11-9-24/h4-5,12-13H,3,6-11,14H2,1-2H3,(H,23,26)/b18-13-. The number of hydrogen-bond acceptors (Lipinski definition) is 10. The predicted octanol–water partition coefficient (Wildman–Crippen LogP) is 1.59. The van der Waals surface area contributed by atoms with Crippen molar-refractivity contribution in [2.24, 2.45) is 0 Å². The van der Waals surface area contributed by atoms with Crippen LogP contribution in [-0.2, 0) is 23.9 Å². The molecule has 0 unspecified atom stereocenters. The maximum Gasteiger partial charge on any atom is 0.344 e. The molecule has 1 aromatic rings. The van der Waals surface area contributed by atoms with E-state index in [1.807, 2.05) is 0 Å². The number of hydrazine groups is 1. The van der Waals surface area contributed by atoms with Crippen molar-refractivity contribution in [2.75, 3.05) is 53.2 Å². The number of ether oxygens (including phenoxy) is 4. The van der Waals surface area contributed by atoms with Gasteiger partial charge in [-0.25, -0.2) is 4.79 Å². The third-order valence-electron chi connectivity index (χ3n) is 4.93. The van der Waals surface area contributed by atoms with Crippen molar-refractivity contribution in [1.29, 1.82) is 0 Å². The Kier molecular flexibility index (Phi) is 9.69. The molecule has 0 spiro atoms. The lowest BCUT2D eigenvalue weighted by atomic mass is 10.2. The van der Waals surface area contributed by atoms with Gasteiger partial charge in [-0.05, 0) is 42.9 Å². The van der Waals surface area contributed by atoms with Crippen LogP contribution in [-0.4, -0.2) is 85.2 Å². The van der Waals surface area contributed by atoms with Crippen LogP contribution in [0.1, 0.15) is 18.9 Å². The Morgan fingerprint density at radius 3 is 2.74 bits per heavy atom. The molecule has 10 nitrogen and oxygen atoms in total. The van der Waals surface area contributed by atoms with Gasteiger partial charge in [0.2, 0.25) is 5.91 Å². The summed E-state index contributed by atoms with van der Waals surface area (Å²) in [4.78, 5) is 39.2. The molecule has 0 bridgehead atoms. The molecule has 2 aliphatic heterocycles. The molecule has 2 saturated heterocycles. The average molecular weight is 510 g/mol. The van der Waals surface area contributed by atoms with Crippen LogP contribution in [0, 0.1) is 0 Å². The number of hydrogen-bond donors (Lipinski definition) is 1. The summed E-state index contributed by atoms with van der Waals surface area (Å²) in [5.41, 5.74) is 3.26. The van der Waals surface area contributed by atoms with E-state index < -0.39 is 11.9 Å². The van der Waals surface area contributed by atoms with Crippen LogP contribution >= 0.6 is 24.0 Å². The molecule has 184 valence electrons. The van der Waals surface area contributed by atoms with Gasteiger partial charge in [0.1, 0.15) is 0 Å². The molecule has 2 fully saturated rings. The number of rotatable bonds is 10. The molecule has 0 radical (unpaired) electrons. The van der Waals surface area contributed by atoms with Crippen molar-refractivity contribution < 1.29 is 33.3 Å². The second-order valence-electron chi connectivity index (χ2n) is 7.26. The van der Waals surface area contributed by atoms with E-state index in [1.165, 1.54) is 7.11 Å². The summed E-state index contributed by atoms with van der Waals surface area (Å²) in [6, 6.07) is 5.03. The van der Waals surface area contributed by atoms with Crippen LogP contribution in [0.15, 0.2) is 23.1 Å². The normalized spacial score (nSPS) is 17.7. The Labute approximate surface area is 207 Å². The zero-order chi connectivity index (χ0) is 24.5. The van der Waals surface area contributed by atoms with Gasteiger partial charge in [-0.2, -0.15) is 5.01 Å². The smallest absolute Gasteiger partial charge is 0.344 e. The van der Waals surface area contributed by atoms with Gasteiger partial charge in [-0.3, -0.25) is 19.9 Å². The molecule has 0 atom stereocenters. The van der Waals surface area contributed by atoms with Gasteiger partial charge in [0, 0.05) is 26.1 Å². The largest absolute Gasteiger partial charge is 0.493 e. The van der Waals surface area contributed by atoms with Crippen molar-refractivity contribution in [3.63, 3.8) is 0 Å². The first-order chi connectivity index (χ1) is 16.4. The minimum absolute atomic E-state index is 0.243. The van der Waals surface area contributed by atoms with Crippen LogP contribution in [0.25, 0.3) is 6.08 Å². The number of methoxy groups -OCH3 is 1. The second-order valence-corrected chi connectivity index (χ2v) is 8.94. The first-order valence-electron chi connectivity index (χ1n) is 10.7. The summed E-state index contributed by atoms with van der Waals surface area (Å²) in [6.07, 6.45) is 1.90. The number of carbonyl (C=O) groups excluding carboxylic acids is 3. The van der Waals surface area contributed by atoms with Crippen LogP contribution in [0.5, 0.6) is 11.5 Å². The van der Waals surface area contributed by atoms with Gasteiger partial charge in [0.25, 0.3) is 5.91 Å². The van der Waals surface area contributed by atoms with Crippen molar-refractivity contribution in [3.8, 4) is 11.5 Å². The number of nitrogens with one attached hydrogen (secondary N) is 1. The zero-order valence-corrected chi connectivity index (χ0v) is 20.7. The molecular weight excluding hydrogens is 482 g/mol. The molecule has 12 heteroatoms. The Hall–Kier alpha value is -2.67. The lowest BCUT2D eigenvalue weighted by Crippen LogP contribution is -2.46. The number of morpholine rings is 1. The maximum absolute atomic E-state index is 12.8. The van der Waals surface area contributed by atoms with Gasteiger partial charge in [-0.15, -0.1) is 0 Å². The van der Waals surface area contributed by atoms with E-state index in [1.54, 1.807) is 31.2 Å². The van der Waals surface area contributed by atoms with Crippen molar-refractivity contribution in [3.05, 3.63) is 28.7 Å². The van der Waals surface area contributed by atoms with Gasteiger partial charge in [0.05, 0.1) is 31.8 Å². The van der Waals surface area contributed by atoms with E-state index in [0.717, 1.165) is 29.9 Å². The summed E-state index contributed by atoms with van der Waals surface area (Å²) >= 11 is 6.38. The molecule has 2 heterocycles. The molecule has 3 rings (SSSR count).